The Hall–Kier alpha value is -4.23. The minimum atomic E-state index is 0.00615. The number of aromatic nitrogens is 2. The van der Waals surface area contributed by atoms with Crippen LogP contribution in [0.3, 0.4) is 0 Å². The van der Waals surface area contributed by atoms with E-state index in [-0.39, 0.29) is 11.7 Å². The Morgan fingerprint density at radius 1 is 0.975 bits per heavy atom. The molecule has 3 heterocycles. The van der Waals surface area contributed by atoms with Crippen LogP contribution in [-0.2, 0) is 24.9 Å². The highest BCUT2D eigenvalue weighted by molar-refractivity contribution is 7.12. The van der Waals surface area contributed by atoms with E-state index in [0.29, 0.717) is 30.0 Å². The van der Waals surface area contributed by atoms with Gasteiger partial charge in [0.25, 0.3) is 0 Å². The summed E-state index contributed by atoms with van der Waals surface area (Å²) >= 11 is 1.43. The van der Waals surface area contributed by atoms with E-state index in [2.05, 4.69) is 18.0 Å². The summed E-state index contributed by atoms with van der Waals surface area (Å²) in [7, 11) is 3.70. The summed E-state index contributed by atoms with van der Waals surface area (Å²) in [6.07, 6.45) is 0.882. The summed E-state index contributed by atoms with van der Waals surface area (Å²) in [6, 6.07) is 21.5. The number of aryl methyl sites for hydroxylation is 3. The lowest BCUT2D eigenvalue weighted by molar-refractivity contribution is -0.118. The monoisotopic (exact) mass is 551 g/mol. The Labute approximate surface area is 238 Å². The fraction of sp³-hybridized carbons (Fsp3) is 0.242. The first kappa shape index (κ1) is 27.3. The molecule has 3 aromatic heterocycles. The van der Waals surface area contributed by atoms with Crippen LogP contribution in [0, 0.1) is 20.8 Å². The van der Waals surface area contributed by atoms with Crippen LogP contribution in [0.5, 0.6) is 5.75 Å². The van der Waals surface area contributed by atoms with Crippen molar-refractivity contribution in [1.29, 1.82) is 0 Å². The van der Waals surface area contributed by atoms with E-state index in [1.54, 1.807) is 4.90 Å². The summed E-state index contributed by atoms with van der Waals surface area (Å²) in [5.74, 6) is 0.765. The van der Waals surface area contributed by atoms with Gasteiger partial charge in [0.05, 0.1) is 10.6 Å². The van der Waals surface area contributed by atoms with Crippen molar-refractivity contribution in [2.45, 2.75) is 40.2 Å². The highest BCUT2D eigenvalue weighted by atomic mass is 32.1. The molecule has 2 aromatic carbocycles. The number of benzene rings is 2. The van der Waals surface area contributed by atoms with Gasteiger partial charge in [0, 0.05) is 43.0 Å². The van der Waals surface area contributed by atoms with Gasteiger partial charge in [0.1, 0.15) is 17.9 Å². The number of hydrogen-bond acceptors (Lipinski definition) is 5. The summed E-state index contributed by atoms with van der Waals surface area (Å²) in [5, 5.41) is 2.94. The van der Waals surface area contributed by atoms with E-state index in [0.717, 1.165) is 50.4 Å². The molecule has 0 fully saturated rings. The molecule has 1 amide bonds. The normalized spacial score (nSPS) is 11.1. The van der Waals surface area contributed by atoms with Crippen molar-refractivity contribution >= 4 is 39.6 Å². The van der Waals surface area contributed by atoms with Gasteiger partial charge in [-0.25, -0.2) is 4.98 Å². The second-order valence-electron chi connectivity index (χ2n) is 10.1. The van der Waals surface area contributed by atoms with Crippen molar-refractivity contribution in [3.63, 3.8) is 0 Å². The van der Waals surface area contributed by atoms with Crippen molar-refractivity contribution in [3.05, 3.63) is 111 Å². The Balaban J connectivity index is 1.29. The predicted molar refractivity (Wildman–Crippen MR) is 162 cm³/mol. The number of amides is 1. The van der Waals surface area contributed by atoms with Crippen molar-refractivity contribution in [1.82, 2.24) is 9.55 Å². The number of thiophene rings is 1. The first-order valence-corrected chi connectivity index (χ1v) is 14.2. The fourth-order valence-corrected chi connectivity index (χ4v) is 5.73. The van der Waals surface area contributed by atoms with Gasteiger partial charge in [0.15, 0.2) is 0 Å². The van der Waals surface area contributed by atoms with Crippen molar-refractivity contribution in [2.24, 2.45) is 7.05 Å². The number of fused-ring (bicyclic) bond motifs is 1. The van der Waals surface area contributed by atoms with Crippen LogP contribution in [-0.4, -0.2) is 28.3 Å². The summed E-state index contributed by atoms with van der Waals surface area (Å²) in [5.41, 5.74) is 7.42. The summed E-state index contributed by atoms with van der Waals surface area (Å²) < 4.78 is 8.18. The average molecular weight is 552 g/mol. The predicted octanol–water partition coefficient (Wildman–Crippen LogP) is 6.97. The molecule has 0 spiro atoms. The molecule has 7 heteroatoms. The van der Waals surface area contributed by atoms with E-state index in [4.69, 9.17) is 4.74 Å². The number of carbonyl (C=O) groups excluding carboxylic acids is 2. The molecule has 40 heavy (non-hydrogen) atoms. The van der Waals surface area contributed by atoms with E-state index in [1.165, 1.54) is 11.3 Å². The highest BCUT2D eigenvalue weighted by Crippen LogP contribution is 2.29. The molecule has 0 aliphatic rings. The molecular formula is C33H33N3O3S. The van der Waals surface area contributed by atoms with Gasteiger partial charge >= 0.3 is 0 Å². The number of carbonyl (C=O) groups is 2. The fourth-order valence-electron chi connectivity index (χ4n) is 5.05. The minimum absolute atomic E-state index is 0.00615. The number of anilines is 1. The molecule has 6 nitrogen and oxygen atoms in total. The average Bonchev–Trinajstić information content (AvgIpc) is 3.61. The molecule has 0 aliphatic heterocycles. The molecule has 5 rings (SSSR count). The number of ketones is 1. The molecule has 0 saturated carbocycles. The quantitative estimate of drug-likeness (QED) is 0.186. The lowest BCUT2D eigenvalue weighted by atomic mass is 10.0. The lowest BCUT2D eigenvalue weighted by Gasteiger charge is -2.23. The minimum Gasteiger partial charge on any atom is -0.487 e. The van der Waals surface area contributed by atoms with Gasteiger partial charge in [-0.15, -0.1) is 11.3 Å². The Morgan fingerprint density at radius 3 is 2.58 bits per heavy atom. The van der Waals surface area contributed by atoms with Gasteiger partial charge < -0.3 is 14.2 Å². The zero-order chi connectivity index (χ0) is 28.4. The molecule has 0 atom stereocenters. The lowest BCUT2D eigenvalue weighted by Crippen LogP contribution is -2.27. The second-order valence-corrected chi connectivity index (χ2v) is 11.1. The van der Waals surface area contributed by atoms with E-state index < -0.39 is 0 Å². The number of rotatable bonds is 9. The van der Waals surface area contributed by atoms with Crippen molar-refractivity contribution < 1.29 is 14.3 Å². The Morgan fingerprint density at radius 2 is 1.80 bits per heavy atom. The number of pyridine rings is 1. The molecule has 5 aromatic rings. The Bertz CT molecular complexity index is 1700. The van der Waals surface area contributed by atoms with E-state index in [9.17, 15) is 9.59 Å². The topological polar surface area (TPSA) is 64.4 Å². The molecule has 0 saturated heterocycles. The van der Waals surface area contributed by atoms with Gasteiger partial charge in [-0.1, -0.05) is 30.3 Å². The number of para-hydroxylation sites is 1. The van der Waals surface area contributed by atoms with Crippen LogP contribution >= 0.6 is 11.3 Å². The molecule has 0 N–H and O–H groups in total. The standard InChI is InChI=1S/C33H33N3O3S/c1-21-11-16-27(23(3)26(21)20-39-29-9-6-8-24-13-12-22(2)34-32(24)29)36(5)31(37)18-15-25-14-17-28(35(25)4)33(38)30-10-7-19-40-30/h6-14,16-17,19H,15,18,20H2,1-5H3. The van der Waals surface area contributed by atoms with Crippen LogP contribution in [0.2, 0.25) is 0 Å². The number of nitrogens with zero attached hydrogens (tertiary/aromatic N) is 3. The Kier molecular flexibility index (Phi) is 7.85. The largest absolute Gasteiger partial charge is 0.487 e. The van der Waals surface area contributed by atoms with Gasteiger partial charge in [0.2, 0.25) is 11.7 Å². The number of ether oxygens (including phenoxy) is 1. The van der Waals surface area contributed by atoms with Gasteiger partial charge in [-0.2, -0.15) is 0 Å². The summed E-state index contributed by atoms with van der Waals surface area (Å²) in [6.45, 7) is 6.46. The highest BCUT2D eigenvalue weighted by Gasteiger charge is 2.19. The summed E-state index contributed by atoms with van der Waals surface area (Å²) in [4.78, 5) is 33.2. The third-order valence-electron chi connectivity index (χ3n) is 7.53. The molecule has 0 radical (unpaired) electrons. The van der Waals surface area contributed by atoms with Crippen LogP contribution < -0.4 is 9.64 Å². The smallest absolute Gasteiger partial charge is 0.227 e. The first-order chi connectivity index (χ1) is 19.2. The third-order valence-corrected chi connectivity index (χ3v) is 8.40. The molecule has 0 bridgehead atoms. The molecule has 204 valence electrons. The van der Waals surface area contributed by atoms with E-state index >= 15 is 0 Å². The van der Waals surface area contributed by atoms with Crippen LogP contribution in [0.1, 0.15) is 49.9 Å². The maximum Gasteiger partial charge on any atom is 0.227 e. The third kappa shape index (κ3) is 5.42. The number of hydrogen-bond donors (Lipinski definition) is 0. The SMILES string of the molecule is Cc1ccc2cccc(OCc3c(C)ccc(N(C)C(=O)CCc4ccc(C(=O)c5cccs5)n4C)c3C)c2n1. The van der Waals surface area contributed by atoms with Crippen LogP contribution in [0.15, 0.2) is 72.1 Å². The molecular weight excluding hydrogens is 518 g/mol. The second kappa shape index (κ2) is 11.5. The van der Waals surface area contributed by atoms with E-state index in [1.807, 2.05) is 98.6 Å². The van der Waals surface area contributed by atoms with Gasteiger partial charge in [-0.3, -0.25) is 9.59 Å². The maximum atomic E-state index is 13.3. The zero-order valence-electron chi connectivity index (χ0n) is 23.5. The van der Waals surface area contributed by atoms with Gasteiger partial charge in [-0.05, 0) is 85.7 Å². The zero-order valence-corrected chi connectivity index (χ0v) is 24.3. The van der Waals surface area contributed by atoms with Crippen molar-refractivity contribution in [3.8, 4) is 5.75 Å². The van der Waals surface area contributed by atoms with Crippen LogP contribution in [0.4, 0.5) is 5.69 Å². The maximum absolute atomic E-state index is 13.3. The van der Waals surface area contributed by atoms with Crippen molar-refractivity contribution in [2.75, 3.05) is 11.9 Å². The van der Waals surface area contributed by atoms with Crippen LogP contribution in [0.25, 0.3) is 10.9 Å². The molecule has 0 unspecified atom stereocenters. The first-order valence-electron chi connectivity index (χ1n) is 13.3. The molecule has 0 aliphatic carbocycles.